The van der Waals surface area contributed by atoms with Gasteiger partial charge in [0.2, 0.25) is 0 Å². The van der Waals surface area contributed by atoms with Crippen LogP contribution in [0.1, 0.15) is 71.1 Å². The van der Waals surface area contributed by atoms with E-state index in [2.05, 4.69) is 6.92 Å². The molecular weight excluding hydrogens is 512 g/mol. The lowest BCUT2D eigenvalue weighted by Crippen LogP contribution is -2.46. The summed E-state index contributed by atoms with van der Waals surface area (Å²) in [4.78, 5) is 11.6. The fourth-order valence-corrected chi connectivity index (χ4v) is 4.63. The van der Waals surface area contributed by atoms with Crippen molar-refractivity contribution in [3.8, 4) is 23.0 Å². The smallest absolute Gasteiger partial charge is 0.329 e. The highest BCUT2D eigenvalue weighted by molar-refractivity contribution is 5.68. The van der Waals surface area contributed by atoms with Crippen molar-refractivity contribution in [2.45, 2.75) is 76.7 Å². The molecule has 0 saturated carbocycles. The van der Waals surface area contributed by atoms with Gasteiger partial charge in [-0.1, -0.05) is 89.0 Å². The van der Waals surface area contributed by atoms with Gasteiger partial charge in [0.05, 0.1) is 13.2 Å². The van der Waals surface area contributed by atoms with Crippen LogP contribution < -0.4 is 18.9 Å². The minimum atomic E-state index is -1.04. The minimum absolute atomic E-state index is 0.108. The van der Waals surface area contributed by atoms with Crippen molar-refractivity contribution < 1.29 is 38.3 Å². The number of carboxylic acid groups (broad SMARTS) is 1. The Balaban J connectivity index is 1.75. The number of ether oxygens (including phenoxy) is 6. The third-order valence-corrected chi connectivity index (χ3v) is 6.89. The minimum Gasteiger partial charge on any atom is -0.487 e. The van der Waals surface area contributed by atoms with E-state index in [1.807, 2.05) is 48.5 Å². The summed E-state index contributed by atoms with van der Waals surface area (Å²) in [6.45, 7) is 3.53. The van der Waals surface area contributed by atoms with Crippen LogP contribution in [0.2, 0.25) is 0 Å². The maximum Gasteiger partial charge on any atom is 0.329 e. The van der Waals surface area contributed by atoms with Gasteiger partial charge in [0.1, 0.15) is 38.6 Å². The molecule has 222 valence electrons. The van der Waals surface area contributed by atoms with Gasteiger partial charge in [-0.05, 0) is 30.7 Å². The zero-order valence-electron chi connectivity index (χ0n) is 23.9. The lowest BCUT2D eigenvalue weighted by Gasteiger charge is -2.33. The molecule has 0 aromatic heterocycles. The molecule has 0 spiro atoms. The van der Waals surface area contributed by atoms with E-state index in [0.717, 1.165) is 19.3 Å². The highest BCUT2D eigenvalue weighted by Gasteiger charge is 2.35. The van der Waals surface area contributed by atoms with E-state index in [-0.39, 0.29) is 13.2 Å². The Morgan fingerprint density at radius 2 is 1.15 bits per heavy atom. The van der Waals surface area contributed by atoms with E-state index in [4.69, 9.17) is 28.4 Å². The van der Waals surface area contributed by atoms with E-state index in [9.17, 15) is 9.90 Å². The van der Waals surface area contributed by atoms with E-state index in [1.165, 1.54) is 38.5 Å². The van der Waals surface area contributed by atoms with Gasteiger partial charge in [0.15, 0.2) is 23.0 Å². The number of para-hydroxylation sites is 4. The summed E-state index contributed by atoms with van der Waals surface area (Å²) in [6, 6.07) is 14.9. The van der Waals surface area contributed by atoms with Crippen LogP contribution in [0.15, 0.2) is 48.5 Å². The second-order valence-corrected chi connectivity index (χ2v) is 10.2. The number of benzene rings is 2. The first-order valence-corrected chi connectivity index (χ1v) is 14.7. The maximum atomic E-state index is 11.6. The third kappa shape index (κ3) is 11.6. The first-order valence-electron chi connectivity index (χ1n) is 14.7. The molecule has 8 nitrogen and oxygen atoms in total. The largest absolute Gasteiger partial charge is 0.487 e. The number of fused-ring (bicyclic) bond motifs is 2. The normalized spacial score (nSPS) is 15.8. The Kier molecular flexibility index (Phi) is 14.5. The van der Waals surface area contributed by atoms with Crippen molar-refractivity contribution in [2.24, 2.45) is 0 Å². The fourth-order valence-electron chi connectivity index (χ4n) is 4.63. The first-order chi connectivity index (χ1) is 19.6. The molecule has 0 fully saturated rings. The van der Waals surface area contributed by atoms with Gasteiger partial charge >= 0.3 is 5.97 Å². The molecule has 1 heterocycles. The Bertz CT molecular complexity index is 923. The van der Waals surface area contributed by atoms with Gasteiger partial charge in [0, 0.05) is 0 Å². The molecule has 1 N–H and O–H groups in total. The van der Waals surface area contributed by atoms with Gasteiger partial charge in [-0.2, -0.15) is 0 Å². The fraction of sp³-hybridized carbons (Fsp3) is 0.594. The average Bonchev–Trinajstić information content (AvgIpc) is 2.96. The molecule has 40 heavy (non-hydrogen) atoms. The first kappa shape index (κ1) is 31.6. The molecule has 0 saturated heterocycles. The summed E-state index contributed by atoms with van der Waals surface area (Å²) < 4.78 is 36.1. The third-order valence-electron chi connectivity index (χ3n) is 6.89. The number of hydrogen-bond acceptors (Lipinski definition) is 7. The highest BCUT2D eigenvalue weighted by atomic mass is 16.6. The van der Waals surface area contributed by atoms with Crippen molar-refractivity contribution in [2.75, 3.05) is 46.2 Å². The predicted molar refractivity (Wildman–Crippen MR) is 154 cm³/mol. The van der Waals surface area contributed by atoms with E-state index < -0.39 is 18.2 Å². The molecular formula is C32H46O8. The molecule has 0 radical (unpaired) electrons. The summed E-state index contributed by atoms with van der Waals surface area (Å²) in [7, 11) is 0. The summed E-state index contributed by atoms with van der Waals surface area (Å²) >= 11 is 0. The number of unbranched alkanes of at least 4 members (excludes halogenated alkanes) is 8. The molecule has 0 amide bonds. The number of carboxylic acids is 1. The van der Waals surface area contributed by atoms with Crippen molar-refractivity contribution in [3.63, 3.8) is 0 Å². The standard InChI is InChI=1S/C32H46O8/c1-2-3-4-5-6-7-8-9-14-19-32(40-24-31(33)34)25-38-29-17-12-10-15-27(29)36-22-20-35-21-23-37-28-16-11-13-18-30(28)39-26-32/h10-13,15-18H,2-9,14,19-26H2,1H3,(H,33,34). The summed E-state index contributed by atoms with van der Waals surface area (Å²) in [6.07, 6.45) is 11.2. The highest BCUT2D eigenvalue weighted by Crippen LogP contribution is 2.32. The molecule has 3 rings (SSSR count). The topological polar surface area (TPSA) is 92.7 Å². The Morgan fingerprint density at radius 1 is 0.700 bits per heavy atom. The summed E-state index contributed by atoms with van der Waals surface area (Å²) in [5, 5.41) is 9.48. The Labute approximate surface area is 238 Å². The van der Waals surface area contributed by atoms with Crippen LogP contribution in [0, 0.1) is 0 Å². The average molecular weight is 559 g/mol. The van der Waals surface area contributed by atoms with Crippen LogP contribution in [-0.4, -0.2) is 62.9 Å². The van der Waals surface area contributed by atoms with E-state index >= 15 is 0 Å². The Hall–Kier alpha value is -2.97. The van der Waals surface area contributed by atoms with Crippen LogP contribution in [0.4, 0.5) is 0 Å². The molecule has 1 aliphatic rings. The zero-order chi connectivity index (χ0) is 28.3. The number of aliphatic carboxylic acids is 1. The number of rotatable bonds is 13. The Morgan fingerprint density at radius 3 is 1.62 bits per heavy atom. The van der Waals surface area contributed by atoms with E-state index in [0.29, 0.717) is 55.8 Å². The lowest BCUT2D eigenvalue weighted by atomic mass is 9.96. The molecule has 8 heteroatoms. The number of hydrogen-bond donors (Lipinski definition) is 1. The predicted octanol–water partition coefficient (Wildman–Crippen LogP) is 6.69. The van der Waals surface area contributed by atoms with Gasteiger partial charge in [-0.15, -0.1) is 0 Å². The van der Waals surface area contributed by atoms with Gasteiger partial charge in [-0.3, -0.25) is 0 Å². The van der Waals surface area contributed by atoms with Crippen LogP contribution in [0.5, 0.6) is 23.0 Å². The monoisotopic (exact) mass is 558 g/mol. The van der Waals surface area contributed by atoms with Crippen molar-refractivity contribution in [1.29, 1.82) is 0 Å². The number of carbonyl (C=O) groups is 1. The van der Waals surface area contributed by atoms with Crippen molar-refractivity contribution in [3.05, 3.63) is 48.5 Å². The van der Waals surface area contributed by atoms with Crippen molar-refractivity contribution in [1.82, 2.24) is 0 Å². The van der Waals surface area contributed by atoms with Gasteiger partial charge in [-0.25, -0.2) is 4.79 Å². The van der Waals surface area contributed by atoms with Gasteiger partial charge in [0.25, 0.3) is 0 Å². The van der Waals surface area contributed by atoms with Gasteiger partial charge < -0.3 is 33.5 Å². The molecule has 2 aromatic carbocycles. The van der Waals surface area contributed by atoms with Crippen LogP contribution in [-0.2, 0) is 14.3 Å². The molecule has 2 aromatic rings. The zero-order valence-corrected chi connectivity index (χ0v) is 23.9. The quantitative estimate of drug-likeness (QED) is 0.272. The van der Waals surface area contributed by atoms with Crippen molar-refractivity contribution >= 4 is 5.97 Å². The van der Waals surface area contributed by atoms with Crippen LogP contribution in [0.25, 0.3) is 0 Å². The summed E-state index contributed by atoms with van der Waals surface area (Å²) in [5.41, 5.74) is -0.986. The lowest BCUT2D eigenvalue weighted by molar-refractivity contribution is -0.156. The molecule has 0 unspecified atom stereocenters. The SMILES string of the molecule is CCCCCCCCCCCC1(OCC(=O)O)COc2ccccc2OCCOCCOc2ccccc2OC1. The summed E-state index contributed by atoms with van der Waals surface area (Å²) in [5.74, 6) is 1.28. The second kappa shape index (κ2) is 18.4. The van der Waals surface area contributed by atoms with Crippen LogP contribution in [0.3, 0.4) is 0 Å². The van der Waals surface area contributed by atoms with E-state index in [1.54, 1.807) is 0 Å². The molecule has 0 bridgehead atoms. The van der Waals surface area contributed by atoms with Crippen LogP contribution >= 0.6 is 0 Å². The molecule has 0 atom stereocenters. The second-order valence-electron chi connectivity index (χ2n) is 10.2. The molecule has 1 aliphatic heterocycles. The molecule has 0 aliphatic carbocycles. The maximum absolute atomic E-state index is 11.6.